The van der Waals surface area contributed by atoms with Gasteiger partial charge < -0.3 is 15.0 Å². The zero-order chi connectivity index (χ0) is 21.3. The van der Waals surface area contributed by atoms with Gasteiger partial charge in [0.2, 0.25) is 0 Å². The molecule has 0 saturated heterocycles. The maximum atomic E-state index is 14.5. The number of aromatic nitrogens is 2. The number of benzene rings is 2. The molecule has 10 heteroatoms. The highest BCUT2D eigenvalue weighted by Gasteiger charge is 2.24. The summed E-state index contributed by atoms with van der Waals surface area (Å²) in [6.07, 6.45) is 1.04. The Morgan fingerprint density at radius 2 is 1.90 bits per heavy atom. The minimum absolute atomic E-state index is 0.117. The number of aryl methyl sites for hydroxylation is 1. The third-order valence-electron chi connectivity index (χ3n) is 4.24. The Bertz CT molecular complexity index is 1170. The highest BCUT2D eigenvalue weighted by molar-refractivity contribution is 7.90. The summed E-state index contributed by atoms with van der Waals surface area (Å²) in [5.74, 6) is -0.658. The van der Waals surface area contributed by atoms with Crippen molar-refractivity contribution in [1.29, 1.82) is 0 Å². The fourth-order valence-corrected chi connectivity index (χ4v) is 3.92. The van der Waals surface area contributed by atoms with E-state index in [4.69, 9.17) is 16.3 Å². The largest absolute Gasteiger partial charge is 0.497 e. The van der Waals surface area contributed by atoms with Gasteiger partial charge in [0.15, 0.2) is 14.9 Å². The van der Waals surface area contributed by atoms with E-state index in [-0.39, 0.29) is 21.6 Å². The molecule has 0 amide bonds. The van der Waals surface area contributed by atoms with Crippen molar-refractivity contribution < 1.29 is 21.9 Å². The molecule has 1 aromatic heterocycles. The minimum atomic E-state index is -3.58. The Morgan fingerprint density at radius 3 is 2.45 bits per heavy atom. The standard InChI is InChI=1S/C19H18ClF2N3O3S/c1-10-19(29(3,26)27)25-18(23-10)17(11-4-6-14(21)13(20)8-11)24-16-7-5-12(28-2)9-15(16)22/h4-9,17,24H,1-3H3,(H,23,25). The number of hydrogen-bond acceptors (Lipinski definition) is 5. The van der Waals surface area contributed by atoms with Gasteiger partial charge in [0.05, 0.1) is 23.5 Å². The van der Waals surface area contributed by atoms with Crippen LogP contribution in [0, 0.1) is 18.6 Å². The highest BCUT2D eigenvalue weighted by atomic mass is 35.5. The van der Waals surface area contributed by atoms with Gasteiger partial charge in [-0.2, -0.15) is 0 Å². The third-order valence-corrected chi connectivity index (χ3v) is 5.63. The number of rotatable bonds is 6. The molecule has 0 radical (unpaired) electrons. The fraction of sp³-hybridized carbons (Fsp3) is 0.211. The molecular weight excluding hydrogens is 424 g/mol. The lowest BCUT2D eigenvalue weighted by atomic mass is 10.1. The van der Waals surface area contributed by atoms with E-state index < -0.39 is 27.5 Å². The molecule has 2 aromatic carbocycles. The first kappa shape index (κ1) is 21.1. The van der Waals surface area contributed by atoms with Crippen LogP contribution in [-0.2, 0) is 9.84 Å². The number of aromatic amines is 1. The zero-order valence-electron chi connectivity index (χ0n) is 15.8. The second kappa shape index (κ2) is 8.00. The van der Waals surface area contributed by atoms with E-state index in [0.29, 0.717) is 17.0 Å². The Labute approximate surface area is 171 Å². The predicted molar refractivity (Wildman–Crippen MR) is 106 cm³/mol. The maximum absolute atomic E-state index is 14.5. The van der Waals surface area contributed by atoms with Crippen LogP contribution < -0.4 is 10.1 Å². The summed E-state index contributed by atoms with van der Waals surface area (Å²) in [4.78, 5) is 7.09. The monoisotopic (exact) mass is 441 g/mol. The average Bonchev–Trinajstić information content (AvgIpc) is 3.05. The molecule has 1 heterocycles. The van der Waals surface area contributed by atoms with Gasteiger partial charge >= 0.3 is 0 Å². The Balaban J connectivity index is 2.11. The van der Waals surface area contributed by atoms with Gasteiger partial charge in [-0.3, -0.25) is 0 Å². The Hall–Kier alpha value is -2.65. The van der Waals surface area contributed by atoms with Gasteiger partial charge in [0.1, 0.15) is 29.3 Å². The first-order chi connectivity index (χ1) is 13.6. The number of anilines is 1. The second-order valence-electron chi connectivity index (χ2n) is 6.42. The normalized spacial score (nSPS) is 12.6. The minimum Gasteiger partial charge on any atom is -0.497 e. The van der Waals surface area contributed by atoms with E-state index in [1.54, 1.807) is 13.0 Å². The molecule has 0 saturated carbocycles. The summed E-state index contributed by atoms with van der Waals surface area (Å²) < 4.78 is 57.0. The van der Waals surface area contributed by atoms with Crippen molar-refractivity contribution in [2.45, 2.75) is 18.0 Å². The van der Waals surface area contributed by atoms with Crippen LogP contribution in [0.2, 0.25) is 5.02 Å². The number of nitrogens with zero attached hydrogens (tertiary/aromatic N) is 1. The molecule has 3 aromatic rings. The molecule has 0 spiro atoms. The first-order valence-electron chi connectivity index (χ1n) is 8.41. The summed E-state index contributed by atoms with van der Waals surface area (Å²) in [7, 11) is -2.16. The number of methoxy groups -OCH3 is 1. The third kappa shape index (κ3) is 4.51. The van der Waals surface area contributed by atoms with Gasteiger partial charge in [-0.05, 0) is 36.8 Å². The zero-order valence-corrected chi connectivity index (χ0v) is 17.3. The average molecular weight is 442 g/mol. The van der Waals surface area contributed by atoms with E-state index in [1.165, 1.54) is 37.4 Å². The van der Waals surface area contributed by atoms with E-state index in [2.05, 4.69) is 15.3 Å². The molecule has 154 valence electrons. The van der Waals surface area contributed by atoms with Crippen molar-refractivity contribution in [3.8, 4) is 5.75 Å². The number of halogens is 3. The lowest BCUT2D eigenvalue weighted by molar-refractivity contribution is 0.411. The summed E-state index contributed by atoms with van der Waals surface area (Å²) >= 11 is 5.91. The molecule has 0 aliphatic heterocycles. The molecule has 3 rings (SSSR count). The topological polar surface area (TPSA) is 84.1 Å². The molecule has 2 N–H and O–H groups in total. The van der Waals surface area contributed by atoms with Gasteiger partial charge in [0, 0.05) is 12.3 Å². The number of nitrogens with one attached hydrogen (secondary N) is 2. The Morgan fingerprint density at radius 1 is 1.17 bits per heavy atom. The lowest BCUT2D eigenvalue weighted by Gasteiger charge is -2.19. The SMILES string of the molecule is COc1ccc(NC(c2ccc(F)c(Cl)c2)c2nc(S(C)(=O)=O)c(C)[nH]2)c(F)c1. The molecule has 6 nitrogen and oxygen atoms in total. The number of hydrogen-bond donors (Lipinski definition) is 2. The quantitative estimate of drug-likeness (QED) is 0.597. The van der Waals surface area contributed by atoms with E-state index in [0.717, 1.165) is 6.26 Å². The first-order valence-corrected chi connectivity index (χ1v) is 10.7. The van der Waals surface area contributed by atoms with Crippen LogP contribution in [0.15, 0.2) is 41.4 Å². The molecule has 1 atom stereocenters. The lowest BCUT2D eigenvalue weighted by Crippen LogP contribution is -2.15. The number of sulfone groups is 1. The van der Waals surface area contributed by atoms with E-state index in [9.17, 15) is 17.2 Å². The van der Waals surface area contributed by atoms with Crippen molar-refractivity contribution in [2.24, 2.45) is 0 Å². The van der Waals surface area contributed by atoms with Crippen LogP contribution >= 0.6 is 11.6 Å². The maximum Gasteiger partial charge on any atom is 0.194 e. The summed E-state index contributed by atoms with van der Waals surface area (Å²) in [5, 5.41) is 2.72. The van der Waals surface area contributed by atoms with Gasteiger partial charge in [-0.15, -0.1) is 0 Å². The van der Waals surface area contributed by atoms with Gasteiger partial charge in [-0.1, -0.05) is 17.7 Å². The number of imidazole rings is 1. The molecule has 0 bridgehead atoms. The fourth-order valence-electron chi connectivity index (χ4n) is 2.86. The molecule has 0 aliphatic rings. The molecule has 29 heavy (non-hydrogen) atoms. The van der Waals surface area contributed by atoms with Crippen LogP contribution in [0.25, 0.3) is 0 Å². The van der Waals surface area contributed by atoms with Crippen molar-refractivity contribution in [2.75, 3.05) is 18.7 Å². The second-order valence-corrected chi connectivity index (χ2v) is 8.76. The van der Waals surface area contributed by atoms with Gasteiger partial charge in [0.25, 0.3) is 0 Å². The van der Waals surface area contributed by atoms with Crippen molar-refractivity contribution in [3.63, 3.8) is 0 Å². The molecular formula is C19H18ClF2N3O3S. The van der Waals surface area contributed by atoms with Crippen molar-refractivity contribution in [3.05, 3.63) is 70.1 Å². The molecule has 1 unspecified atom stereocenters. The van der Waals surface area contributed by atoms with Crippen molar-refractivity contribution >= 4 is 27.1 Å². The summed E-state index contributed by atoms with van der Waals surface area (Å²) in [5.41, 5.74) is 0.907. The van der Waals surface area contributed by atoms with Crippen LogP contribution in [0.4, 0.5) is 14.5 Å². The highest BCUT2D eigenvalue weighted by Crippen LogP contribution is 2.31. The van der Waals surface area contributed by atoms with Gasteiger partial charge in [-0.25, -0.2) is 22.2 Å². The molecule has 0 aliphatic carbocycles. The number of ether oxygens (including phenoxy) is 1. The van der Waals surface area contributed by atoms with E-state index in [1.807, 2.05) is 0 Å². The van der Waals surface area contributed by atoms with Crippen LogP contribution in [-0.4, -0.2) is 31.8 Å². The number of H-pyrrole nitrogens is 1. The predicted octanol–water partition coefficient (Wildman–Crippen LogP) is 4.26. The van der Waals surface area contributed by atoms with Crippen molar-refractivity contribution in [1.82, 2.24) is 9.97 Å². The molecule has 0 fully saturated rings. The summed E-state index contributed by atoms with van der Waals surface area (Å²) in [6.45, 7) is 1.57. The van der Waals surface area contributed by atoms with Crippen LogP contribution in [0.5, 0.6) is 5.75 Å². The van der Waals surface area contributed by atoms with Crippen LogP contribution in [0.1, 0.15) is 23.1 Å². The smallest absolute Gasteiger partial charge is 0.194 e. The van der Waals surface area contributed by atoms with Crippen LogP contribution in [0.3, 0.4) is 0 Å². The summed E-state index contributed by atoms with van der Waals surface area (Å²) in [6, 6.07) is 7.41. The van der Waals surface area contributed by atoms with E-state index >= 15 is 0 Å². The Kier molecular flexibility index (Phi) is 5.81.